The molecule has 2 rings (SSSR count). The Bertz CT molecular complexity index is 468. The predicted molar refractivity (Wildman–Crippen MR) is 77.0 cm³/mol. The van der Waals surface area contributed by atoms with Gasteiger partial charge in [0.05, 0.1) is 18.5 Å². The molecule has 0 saturated carbocycles. The van der Waals surface area contributed by atoms with Crippen molar-refractivity contribution in [1.82, 2.24) is 14.9 Å². The van der Waals surface area contributed by atoms with E-state index in [0.29, 0.717) is 43.5 Å². The minimum atomic E-state index is -0.0517. The van der Waals surface area contributed by atoms with Crippen LogP contribution < -0.4 is 5.32 Å². The van der Waals surface area contributed by atoms with Crippen LogP contribution in [0.2, 0.25) is 0 Å². The summed E-state index contributed by atoms with van der Waals surface area (Å²) < 4.78 is 5.39. The number of rotatable bonds is 3. The molecule has 1 fully saturated rings. The maximum Gasteiger partial charge on any atom is 0.274 e. The molecule has 0 spiro atoms. The van der Waals surface area contributed by atoms with E-state index < -0.39 is 0 Å². The fourth-order valence-corrected chi connectivity index (χ4v) is 2.12. The van der Waals surface area contributed by atoms with Gasteiger partial charge in [0.25, 0.3) is 5.91 Å². The van der Waals surface area contributed by atoms with Gasteiger partial charge in [-0.3, -0.25) is 4.79 Å². The third-order valence-electron chi connectivity index (χ3n) is 3.31. The Morgan fingerprint density at radius 1 is 1.40 bits per heavy atom. The van der Waals surface area contributed by atoms with E-state index in [-0.39, 0.29) is 11.8 Å². The monoisotopic (exact) mass is 278 g/mol. The van der Waals surface area contributed by atoms with Gasteiger partial charge in [0.15, 0.2) is 5.69 Å². The van der Waals surface area contributed by atoms with Gasteiger partial charge in [-0.1, -0.05) is 13.8 Å². The molecule has 1 saturated heterocycles. The first-order chi connectivity index (χ1) is 9.63. The van der Waals surface area contributed by atoms with Gasteiger partial charge >= 0.3 is 0 Å². The lowest BCUT2D eigenvalue weighted by molar-refractivity contribution is 0.0736. The van der Waals surface area contributed by atoms with E-state index in [1.54, 1.807) is 18.1 Å². The number of hydrogen-bond donors (Lipinski definition) is 1. The second-order valence-corrected chi connectivity index (χ2v) is 5.15. The first-order valence-corrected chi connectivity index (χ1v) is 7.05. The lowest BCUT2D eigenvalue weighted by Crippen LogP contribution is -2.34. The van der Waals surface area contributed by atoms with Crippen molar-refractivity contribution in [3.05, 3.63) is 17.7 Å². The molecule has 0 radical (unpaired) electrons. The van der Waals surface area contributed by atoms with Gasteiger partial charge in [-0.05, 0) is 6.42 Å². The zero-order valence-electron chi connectivity index (χ0n) is 12.3. The summed E-state index contributed by atoms with van der Waals surface area (Å²) >= 11 is 0. The lowest BCUT2D eigenvalue weighted by Gasteiger charge is -2.21. The normalized spacial score (nSPS) is 16.1. The highest BCUT2D eigenvalue weighted by Crippen LogP contribution is 2.18. The molecular formula is C14H22N4O2. The number of aromatic nitrogens is 2. The molecule has 1 aliphatic rings. The molecule has 0 unspecified atom stereocenters. The van der Waals surface area contributed by atoms with Crippen LogP contribution in [0.1, 0.15) is 42.5 Å². The maximum absolute atomic E-state index is 12.6. The van der Waals surface area contributed by atoms with Crippen LogP contribution in [0.25, 0.3) is 0 Å². The van der Waals surface area contributed by atoms with Crippen LogP contribution in [-0.4, -0.2) is 54.1 Å². The molecule has 6 nitrogen and oxygen atoms in total. The maximum atomic E-state index is 12.6. The zero-order chi connectivity index (χ0) is 14.5. The Morgan fingerprint density at radius 2 is 2.20 bits per heavy atom. The summed E-state index contributed by atoms with van der Waals surface area (Å²) in [6.45, 7) is 6.66. The highest BCUT2D eigenvalue weighted by atomic mass is 16.5. The van der Waals surface area contributed by atoms with E-state index in [1.807, 2.05) is 13.8 Å². The fraction of sp³-hybridized carbons (Fsp3) is 0.643. The summed E-state index contributed by atoms with van der Waals surface area (Å²) in [7, 11) is 1.77. The van der Waals surface area contributed by atoms with E-state index in [9.17, 15) is 4.79 Å². The third kappa shape index (κ3) is 3.25. The summed E-state index contributed by atoms with van der Waals surface area (Å²) in [5.41, 5.74) is 1.12. The standard InChI is InChI=1S/C14H22N4O2/c1-10(2)13-16-9-11(15-3)12(17-13)14(19)18-5-4-7-20-8-6-18/h9-10,15H,4-8H2,1-3H3. The highest BCUT2D eigenvalue weighted by molar-refractivity contribution is 5.97. The van der Waals surface area contributed by atoms with E-state index in [1.165, 1.54) is 0 Å². The molecule has 0 aliphatic carbocycles. The Balaban J connectivity index is 2.28. The van der Waals surface area contributed by atoms with Crippen LogP contribution in [0.15, 0.2) is 6.20 Å². The Labute approximate surface area is 119 Å². The van der Waals surface area contributed by atoms with Gasteiger partial charge < -0.3 is 15.0 Å². The highest BCUT2D eigenvalue weighted by Gasteiger charge is 2.22. The minimum absolute atomic E-state index is 0.0517. The van der Waals surface area contributed by atoms with Crippen molar-refractivity contribution in [3.63, 3.8) is 0 Å². The van der Waals surface area contributed by atoms with Crippen molar-refractivity contribution in [3.8, 4) is 0 Å². The summed E-state index contributed by atoms with van der Waals surface area (Å²) in [5, 5.41) is 2.99. The smallest absolute Gasteiger partial charge is 0.274 e. The SMILES string of the molecule is CNc1cnc(C(C)C)nc1C(=O)N1CCCOCC1. The van der Waals surface area contributed by atoms with Crippen LogP contribution in [0.5, 0.6) is 0 Å². The first-order valence-electron chi connectivity index (χ1n) is 7.05. The number of ether oxygens (including phenoxy) is 1. The Hall–Kier alpha value is -1.69. The minimum Gasteiger partial charge on any atom is -0.385 e. The van der Waals surface area contributed by atoms with Crippen molar-refractivity contribution in [2.24, 2.45) is 0 Å². The molecule has 2 heterocycles. The summed E-state index contributed by atoms with van der Waals surface area (Å²) in [4.78, 5) is 23.2. The van der Waals surface area contributed by atoms with E-state index >= 15 is 0 Å². The van der Waals surface area contributed by atoms with Gasteiger partial charge in [0, 0.05) is 32.7 Å². The van der Waals surface area contributed by atoms with Gasteiger partial charge in [0.2, 0.25) is 0 Å². The number of nitrogens with one attached hydrogen (secondary N) is 1. The Morgan fingerprint density at radius 3 is 2.90 bits per heavy atom. The van der Waals surface area contributed by atoms with Crippen molar-refractivity contribution in [1.29, 1.82) is 0 Å². The number of anilines is 1. The molecule has 6 heteroatoms. The molecule has 1 aliphatic heterocycles. The lowest BCUT2D eigenvalue weighted by atomic mass is 10.2. The second-order valence-electron chi connectivity index (χ2n) is 5.15. The second kappa shape index (κ2) is 6.65. The third-order valence-corrected chi connectivity index (χ3v) is 3.31. The molecular weight excluding hydrogens is 256 g/mol. The van der Waals surface area contributed by atoms with Crippen molar-refractivity contribution >= 4 is 11.6 Å². The summed E-state index contributed by atoms with van der Waals surface area (Å²) in [5.74, 6) is 0.836. The topological polar surface area (TPSA) is 67.4 Å². The van der Waals surface area contributed by atoms with Crippen LogP contribution in [0.3, 0.4) is 0 Å². The number of hydrogen-bond acceptors (Lipinski definition) is 5. The molecule has 1 amide bonds. The molecule has 1 aromatic heterocycles. The first kappa shape index (κ1) is 14.7. The predicted octanol–water partition coefficient (Wildman–Crippen LogP) is 1.50. The average Bonchev–Trinajstić information content (AvgIpc) is 2.74. The van der Waals surface area contributed by atoms with Gasteiger partial charge in [-0.2, -0.15) is 0 Å². The van der Waals surface area contributed by atoms with E-state index in [0.717, 1.165) is 6.42 Å². The average molecular weight is 278 g/mol. The van der Waals surface area contributed by atoms with Gasteiger partial charge in [-0.15, -0.1) is 0 Å². The summed E-state index contributed by atoms with van der Waals surface area (Å²) in [6, 6.07) is 0. The molecule has 110 valence electrons. The number of carbonyl (C=O) groups excluding carboxylic acids is 1. The van der Waals surface area contributed by atoms with Gasteiger partial charge in [-0.25, -0.2) is 9.97 Å². The van der Waals surface area contributed by atoms with Crippen LogP contribution in [-0.2, 0) is 4.74 Å². The largest absolute Gasteiger partial charge is 0.385 e. The van der Waals surface area contributed by atoms with Crippen molar-refractivity contribution < 1.29 is 9.53 Å². The Kier molecular flexibility index (Phi) is 4.89. The number of carbonyl (C=O) groups is 1. The van der Waals surface area contributed by atoms with Crippen molar-refractivity contribution in [2.75, 3.05) is 38.7 Å². The molecule has 1 aromatic rings. The zero-order valence-corrected chi connectivity index (χ0v) is 12.3. The quantitative estimate of drug-likeness (QED) is 0.907. The van der Waals surface area contributed by atoms with Crippen molar-refractivity contribution in [2.45, 2.75) is 26.2 Å². The van der Waals surface area contributed by atoms with Crippen LogP contribution in [0, 0.1) is 0 Å². The molecule has 0 aromatic carbocycles. The molecule has 20 heavy (non-hydrogen) atoms. The molecule has 0 bridgehead atoms. The molecule has 0 atom stereocenters. The van der Waals surface area contributed by atoms with E-state index in [2.05, 4.69) is 15.3 Å². The van der Waals surface area contributed by atoms with Gasteiger partial charge in [0.1, 0.15) is 5.82 Å². The number of nitrogens with zero attached hydrogens (tertiary/aromatic N) is 3. The fourth-order valence-electron chi connectivity index (χ4n) is 2.12. The van der Waals surface area contributed by atoms with Crippen LogP contribution >= 0.6 is 0 Å². The molecule has 1 N–H and O–H groups in total. The van der Waals surface area contributed by atoms with Crippen LogP contribution in [0.4, 0.5) is 5.69 Å². The summed E-state index contributed by atoms with van der Waals surface area (Å²) in [6.07, 6.45) is 2.55. The number of amides is 1. The van der Waals surface area contributed by atoms with E-state index in [4.69, 9.17) is 4.74 Å².